The van der Waals surface area contributed by atoms with Gasteiger partial charge in [-0.25, -0.2) is 9.97 Å². The average Bonchev–Trinajstić information content (AvgIpc) is 3.34. The second kappa shape index (κ2) is 22.0. The van der Waals surface area contributed by atoms with E-state index < -0.39 is 0 Å². The molecule has 7 aromatic carbocycles. The van der Waals surface area contributed by atoms with Gasteiger partial charge in [0.05, 0.1) is 11.4 Å². The summed E-state index contributed by atoms with van der Waals surface area (Å²) in [4.78, 5) is 11.2. The average molecular weight is 839 g/mol. The van der Waals surface area contributed by atoms with E-state index in [-0.39, 0.29) is 0 Å². The van der Waals surface area contributed by atoms with Crippen LogP contribution in [0.4, 0.5) is 0 Å². The third kappa shape index (κ3) is 11.0. The van der Waals surface area contributed by atoms with Crippen LogP contribution < -0.4 is 0 Å². The molecule has 0 spiro atoms. The van der Waals surface area contributed by atoms with Crippen molar-refractivity contribution in [2.24, 2.45) is 0 Å². The van der Waals surface area contributed by atoms with Crippen molar-refractivity contribution in [3.63, 3.8) is 0 Å². The summed E-state index contributed by atoms with van der Waals surface area (Å²) in [6.07, 6.45) is 17.6. The predicted octanol–water partition coefficient (Wildman–Crippen LogP) is 18.1. The van der Waals surface area contributed by atoms with Gasteiger partial charge in [-0.15, -0.1) is 0 Å². The topological polar surface area (TPSA) is 25.8 Å². The van der Waals surface area contributed by atoms with Gasteiger partial charge in [0.1, 0.15) is 0 Å². The van der Waals surface area contributed by atoms with Crippen LogP contribution in [0.25, 0.3) is 78.1 Å². The maximum atomic E-state index is 5.64. The molecule has 0 aliphatic carbocycles. The zero-order chi connectivity index (χ0) is 44.1. The van der Waals surface area contributed by atoms with Gasteiger partial charge in [-0.3, -0.25) is 0 Å². The number of aryl methyl sites for hydroxylation is 4. The maximum absolute atomic E-state index is 5.64. The van der Waals surface area contributed by atoms with Crippen molar-refractivity contribution in [3.8, 4) is 67.3 Å². The molecule has 0 N–H and O–H groups in total. The Morgan fingerprint density at radius 1 is 0.344 bits per heavy atom. The first-order valence-electron chi connectivity index (χ1n) is 24.4. The van der Waals surface area contributed by atoms with Gasteiger partial charge < -0.3 is 0 Å². The maximum Gasteiger partial charge on any atom is 0.160 e. The van der Waals surface area contributed by atoms with E-state index in [1.54, 1.807) is 0 Å². The number of benzene rings is 7. The first-order chi connectivity index (χ1) is 31.5. The lowest BCUT2D eigenvalue weighted by Crippen LogP contribution is -2.02. The molecule has 324 valence electrons. The Kier molecular flexibility index (Phi) is 15.3. The summed E-state index contributed by atoms with van der Waals surface area (Å²) in [5.41, 5.74) is 18.0. The summed E-state index contributed by atoms with van der Waals surface area (Å²) < 4.78 is 0. The smallest absolute Gasteiger partial charge is 0.160 e. The van der Waals surface area contributed by atoms with Crippen molar-refractivity contribution in [2.45, 2.75) is 118 Å². The third-order valence-electron chi connectivity index (χ3n) is 13.1. The van der Waals surface area contributed by atoms with Crippen LogP contribution in [-0.2, 0) is 12.8 Å². The number of fused-ring (bicyclic) bond motifs is 1. The van der Waals surface area contributed by atoms with Crippen LogP contribution in [0.1, 0.15) is 113 Å². The monoisotopic (exact) mass is 839 g/mol. The van der Waals surface area contributed by atoms with Crippen molar-refractivity contribution in [3.05, 3.63) is 180 Å². The Hall–Kier alpha value is -6.12. The molecule has 8 aromatic rings. The third-order valence-corrected chi connectivity index (χ3v) is 13.1. The molecule has 0 fully saturated rings. The molecule has 0 atom stereocenters. The van der Waals surface area contributed by atoms with Gasteiger partial charge in [0.25, 0.3) is 0 Å². The zero-order valence-electron chi connectivity index (χ0n) is 38.8. The second-order valence-corrected chi connectivity index (χ2v) is 18.0. The van der Waals surface area contributed by atoms with Crippen LogP contribution in [0.5, 0.6) is 0 Å². The van der Waals surface area contributed by atoms with Crippen molar-refractivity contribution < 1.29 is 0 Å². The van der Waals surface area contributed by atoms with Gasteiger partial charge in [0.2, 0.25) is 0 Å². The molecule has 0 saturated heterocycles. The van der Waals surface area contributed by atoms with E-state index in [9.17, 15) is 0 Å². The fourth-order valence-electron chi connectivity index (χ4n) is 9.44. The molecule has 1 aromatic heterocycles. The van der Waals surface area contributed by atoms with E-state index in [1.807, 2.05) is 0 Å². The molecular weight excluding hydrogens is 773 g/mol. The SMILES string of the molecule is CCCCCCCCc1cc(-c2cc(-c3cccc4c(-c5ccc(C)cc5)cccc34)nc(-c3cc(-c4ccccc4)cc(-c4ccccc4)c3)n2)c(CCCCCCCC)cc1C. The number of hydrogen-bond acceptors (Lipinski definition) is 2. The summed E-state index contributed by atoms with van der Waals surface area (Å²) in [7, 11) is 0. The summed E-state index contributed by atoms with van der Waals surface area (Å²) in [6.45, 7) is 9.08. The molecule has 1 heterocycles. The van der Waals surface area contributed by atoms with Crippen molar-refractivity contribution in [1.82, 2.24) is 9.97 Å². The van der Waals surface area contributed by atoms with Gasteiger partial charge in [-0.05, 0) is 131 Å². The fourth-order valence-corrected chi connectivity index (χ4v) is 9.44. The second-order valence-electron chi connectivity index (χ2n) is 18.0. The normalized spacial score (nSPS) is 11.4. The molecule has 0 aliphatic heterocycles. The molecule has 2 nitrogen and oxygen atoms in total. The van der Waals surface area contributed by atoms with E-state index in [4.69, 9.17) is 9.97 Å². The zero-order valence-corrected chi connectivity index (χ0v) is 38.8. The Balaban J connectivity index is 1.32. The molecule has 0 radical (unpaired) electrons. The molecule has 64 heavy (non-hydrogen) atoms. The number of aromatic nitrogens is 2. The molecule has 2 heteroatoms. The van der Waals surface area contributed by atoms with Gasteiger partial charge >= 0.3 is 0 Å². The Morgan fingerprint density at radius 3 is 1.44 bits per heavy atom. The molecule has 0 aliphatic rings. The summed E-state index contributed by atoms with van der Waals surface area (Å²) in [5, 5.41) is 2.42. The van der Waals surface area contributed by atoms with Crippen molar-refractivity contribution in [1.29, 1.82) is 0 Å². The van der Waals surface area contributed by atoms with E-state index in [0.29, 0.717) is 0 Å². The van der Waals surface area contributed by atoms with E-state index >= 15 is 0 Å². The number of nitrogens with zero attached hydrogens (tertiary/aromatic N) is 2. The lowest BCUT2D eigenvalue weighted by atomic mass is 9.90. The molecule has 0 amide bonds. The Labute approximate surface area is 383 Å². The van der Waals surface area contributed by atoms with Gasteiger partial charge in [-0.2, -0.15) is 0 Å². The predicted molar refractivity (Wildman–Crippen MR) is 276 cm³/mol. The van der Waals surface area contributed by atoms with E-state index in [2.05, 4.69) is 185 Å². The van der Waals surface area contributed by atoms with Crippen LogP contribution in [-0.4, -0.2) is 9.97 Å². The van der Waals surface area contributed by atoms with Gasteiger partial charge in [0, 0.05) is 16.7 Å². The quantitative estimate of drug-likeness (QED) is 0.0715. The highest BCUT2D eigenvalue weighted by atomic mass is 14.9. The molecule has 0 saturated carbocycles. The van der Waals surface area contributed by atoms with E-state index in [1.165, 1.54) is 138 Å². The lowest BCUT2D eigenvalue weighted by Gasteiger charge is -2.18. The highest BCUT2D eigenvalue weighted by Crippen LogP contribution is 2.39. The number of unbranched alkanes of at least 4 members (excludes halogenated alkanes) is 10. The minimum absolute atomic E-state index is 0.748. The molecule has 0 unspecified atom stereocenters. The van der Waals surface area contributed by atoms with Crippen molar-refractivity contribution in [2.75, 3.05) is 0 Å². The van der Waals surface area contributed by atoms with Crippen LogP contribution in [0.15, 0.2) is 158 Å². The van der Waals surface area contributed by atoms with Crippen LogP contribution >= 0.6 is 0 Å². The van der Waals surface area contributed by atoms with Crippen LogP contribution in [0, 0.1) is 13.8 Å². The summed E-state index contributed by atoms with van der Waals surface area (Å²) in [6, 6.07) is 58.0. The molecule has 0 bridgehead atoms. The molecule has 8 rings (SSSR count). The van der Waals surface area contributed by atoms with Crippen LogP contribution in [0.3, 0.4) is 0 Å². The van der Waals surface area contributed by atoms with Crippen molar-refractivity contribution >= 4 is 10.8 Å². The summed E-state index contributed by atoms with van der Waals surface area (Å²) in [5.74, 6) is 0.748. The summed E-state index contributed by atoms with van der Waals surface area (Å²) >= 11 is 0. The first-order valence-corrected chi connectivity index (χ1v) is 24.4. The first kappa shape index (κ1) is 44.5. The standard InChI is InChI=1S/C62H66N2/c1-5-7-9-11-13-17-29-50-43-59(51(39-46(50)4)30-18-14-12-10-8-6-2)61-44-60(58-34-24-32-56-55(31-23-33-57(56)58)49-37-35-45(3)36-38-49)63-62(64-61)54-41-52(47-25-19-15-20-26-47)40-53(42-54)48-27-21-16-22-28-48/h15-16,19-28,31-44H,5-14,17-18,29-30H2,1-4H3. The Bertz CT molecular complexity index is 2690. The van der Waals surface area contributed by atoms with Gasteiger partial charge in [-0.1, -0.05) is 211 Å². The van der Waals surface area contributed by atoms with Gasteiger partial charge in [0.15, 0.2) is 5.82 Å². The minimum atomic E-state index is 0.748. The van der Waals surface area contributed by atoms with E-state index in [0.717, 1.165) is 52.3 Å². The molecular formula is C62H66N2. The van der Waals surface area contributed by atoms with Crippen LogP contribution in [0.2, 0.25) is 0 Å². The number of hydrogen-bond donors (Lipinski definition) is 0. The largest absolute Gasteiger partial charge is 0.228 e. The lowest BCUT2D eigenvalue weighted by molar-refractivity contribution is 0.605. The highest BCUT2D eigenvalue weighted by molar-refractivity contribution is 6.04. The fraction of sp³-hybridized carbons (Fsp3) is 0.290. The minimum Gasteiger partial charge on any atom is -0.228 e. The number of rotatable bonds is 20. The Morgan fingerprint density at radius 2 is 0.844 bits per heavy atom. The highest BCUT2D eigenvalue weighted by Gasteiger charge is 2.19.